The van der Waals surface area contributed by atoms with Crippen molar-refractivity contribution in [2.24, 2.45) is 0 Å². The van der Waals surface area contributed by atoms with Gasteiger partial charge in [0, 0.05) is 17.4 Å². The average molecular weight is 243 g/mol. The van der Waals surface area contributed by atoms with E-state index in [2.05, 4.69) is 41.3 Å². The molecule has 0 aromatic heterocycles. The summed E-state index contributed by atoms with van der Waals surface area (Å²) in [5.41, 5.74) is 3.22. The fourth-order valence-electron chi connectivity index (χ4n) is 2.05. The number of hydrogen-bond acceptors (Lipinski definition) is 1. The minimum absolute atomic E-state index is 0.986. The van der Waals surface area contributed by atoms with Gasteiger partial charge in [0.2, 0.25) is 0 Å². The van der Waals surface area contributed by atoms with Crippen molar-refractivity contribution in [2.75, 3.05) is 4.90 Å². The number of benzene rings is 3. The van der Waals surface area contributed by atoms with Crippen LogP contribution in [0, 0.1) is 12.1 Å². The van der Waals surface area contributed by atoms with Gasteiger partial charge in [0.25, 0.3) is 0 Å². The number of rotatable bonds is 3. The minimum Gasteiger partial charge on any atom is -0.310 e. The molecule has 0 atom stereocenters. The van der Waals surface area contributed by atoms with Crippen LogP contribution in [0.3, 0.4) is 0 Å². The normalized spacial score (nSPS) is 10.1. The van der Waals surface area contributed by atoms with Gasteiger partial charge in [-0.15, -0.1) is 0 Å². The van der Waals surface area contributed by atoms with Crippen molar-refractivity contribution in [3.8, 4) is 0 Å². The van der Waals surface area contributed by atoms with E-state index in [-0.39, 0.29) is 0 Å². The zero-order valence-electron chi connectivity index (χ0n) is 10.5. The monoisotopic (exact) mass is 243 g/mol. The maximum atomic E-state index is 3.26. The van der Waals surface area contributed by atoms with E-state index in [0.717, 1.165) is 17.1 Å². The number of hydrogen-bond donors (Lipinski definition) is 0. The summed E-state index contributed by atoms with van der Waals surface area (Å²) in [6, 6.07) is 32.6. The largest absolute Gasteiger partial charge is 0.310 e. The van der Waals surface area contributed by atoms with E-state index < -0.39 is 0 Å². The second-order valence-electron chi connectivity index (χ2n) is 4.18. The Morgan fingerprint density at radius 3 is 1.74 bits per heavy atom. The lowest BCUT2D eigenvalue weighted by molar-refractivity contribution is 1.28. The second kappa shape index (κ2) is 5.40. The third-order valence-corrected chi connectivity index (χ3v) is 2.90. The van der Waals surface area contributed by atoms with Gasteiger partial charge >= 0.3 is 0 Å². The van der Waals surface area contributed by atoms with E-state index in [0.29, 0.717) is 0 Å². The van der Waals surface area contributed by atoms with Crippen molar-refractivity contribution in [1.82, 2.24) is 0 Å². The van der Waals surface area contributed by atoms with Crippen molar-refractivity contribution >= 4 is 17.1 Å². The highest BCUT2D eigenvalue weighted by Crippen LogP contribution is 2.33. The first-order valence-electron chi connectivity index (χ1n) is 6.23. The highest BCUT2D eigenvalue weighted by atomic mass is 15.1. The molecule has 0 saturated carbocycles. The van der Waals surface area contributed by atoms with Crippen LogP contribution < -0.4 is 4.90 Å². The van der Waals surface area contributed by atoms with Crippen molar-refractivity contribution in [3.63, 3.8) is 0 Å². The highest BCUT2D eigenvalue weighted by molar-refractivity contribution is 5.75. The fraction of sp³-hybridized carbons (Fsp3) is 0. The van der Waals surface area contributed by atoms with Crippen LogP contribution in [0.5, 0.6) is 0 Å². The third-order valence-electron chi connectivity index (χ3n) is 2.90. The quantitative estimate of drug-likeness (QED) is 0.641. The zero-order valence-corrected chi connectivity index (χ0v) is 10.5. The Morgan fingerprint density at radius 1 is 0.684 bits per heavy atom. The van der Waals surface area contributed by atoms with Crippen LogP contribution in [0.2, 0.25) is 0 Å². The van der Waals surface area contributed by atoms with Crippen molar-refractivity contribution < 1.29 is 0 Å². The molecule has 0 N–H and O–H groups in total. The highest BCUT2D eigenvalue weighted by Gasteiger charge is 2.10. The summed E-state index contributed by atoms with van der Waals surface area (Å²) in [4.78, 5) is 2.16. The molecular weight excluding hydrogens is 230 g/mol. The summed E-state index contributed by atoms with van der Waals surface area (Å²) >= 11 is 0. The smallest absolute Gasteiger partial charge is 0.0546 e. The molecule has 0 aliphatic carbocycles. The Balaban J connectivity index is 2.12. The summed E-state index contributed by atoms with van der Waals surface area (Å²) in [5.74, 6) is 0. The van der Waals surface area contributed by atoms with Gasteiger partial charge in [0.1, 0.15) is 0 Å². The first-order chi connectivity index (χ1) is 9.45. The maximum Gasteiger partial charge on any atom is 0.0546 e. The van der Waals surface area contributed by atoms with Crippen molar-refractivity contribution in [3.05, 3.63) is 91.0 Å². The van der Waals surface area contributed by atoms with Crippen LogP contribution >= 0.6 is 0 Å². The molecule has 0 spiro atoms. The molecule has 0 aliphatic rings. The van der Waals surface area contributed by atoms with Crippen LogP contribution in [-0.4, -0.2) is 0 Å². The van der Waals surface area contributed by atoms with E-state index in [9.17, 15) is 0 Å². The first-order valence-corrected chi connectivity index (χ1v) is 6.23. The van der Waals surface area contributed by atoms with E-state index in [4.69, 9.17) is 0 Å². The summed E-state index contributed by atoms with van der Waals surface area (Å²) in [6.45, 7) is 0. The van der Waals surface area contributed by atoms with Gasteiger partial charge in [0.15, 0.2) is 0 Å². The van der Waals surface area contributed by atoms with Crippen LogP contribution in [0.1, 0.15) is 0 Å². The molecule has 0 bridgehead atoms. The Kier molecular flexibility index (Phi) is 3.28. The minimum atomic E-state index is 0.986. The van der Waals surface area contributed by atoms with Crippen LogP contribution in [0.4, 0.5) is 17.1 Å². The lowest BCUT2D eigenvalue weighted by atomic mass is 10.2. The molecule has 90 valence electrons. The molecule has 1 nitrogen and oxygen atoms in total. The molecule has 3 rings (SSSR count). The Labute approximate surface area is 113 Å². The number of anilines is 3. The lowest BCUT2D eigenvalue weighted by Crippen LogP contribution is -2.09. The van der Waals surface area contributed by atoms with Crippen LogP contribution in [0.15, 0.2) is 78.9 Å². The summed E-state index contributed by atoms with van der Waals surface area (Å²) in [6.07, 6.45) is 0. The van der Waals surface area contributed by atoms with E-state index >= 15 is 0 Å². The Morgan fingerprint density at radius 2 is 1.26 bits per heavy atom. The molecule has 3 aromatic rings. The summed E-state index contributed by atoms with van der Waals surface area (Å²) < 4.78 is 0. The predicted octanol–water partition coefficient (Wildman–Crippen LogP) is 4.76. The standard InChI is InChI=1S/C18H13N/c1-4-10-16(11-5-1)19(17-12-6-2-7-13-17)18-14-8-3-9-15-18/h1-8,10-13,15H. The Bertz CT molecular complexity index is 524. The zero-order chi connectivity index (χ0) is 12.9. The van der Waals surface area contributed by atoms with E-state index in [1.807, 2.05) is 54.6 Å². The molecule has 0 unspecified atom stereocenters. The molecule has 0 saturated heterocycles. The first kappa shape index (κ1) is 11.5. The van der Waals surface area contributed by atoms with Crippen LogP contribution in [0.25, 0.3) is 0 Å². The predicted molar refractivity (Wildman–Crippen MR) is 78.8 cm³/mol. The van der Waals surface area contributed by atoms with Gasteiger partial charge in [-0.1, -0.05) is 48.5 Å². The molecule has 0 heterocycles. The lowest BCUT2D eigenvalue weighted by Gasteiger charge is -2.24. The molecule has 19 heavy (non-hydrogen) atoms. The van der Waals surface area contributed by atoms with Gasteiger partial charge < -0.3 is 4.90 Å². The Hall–Kier alpha value is -2.54. The molecule has 0 fully saturated rings. The molecule has 2 radical (unpaired) electrons. The molecule has 3 aromatic carbocycles. The van der Waals surface area contributed by atoms with Gasteiger partial charge in [0.05, 0.1) is 5.69 Å². The van der Waals surface area contributed by atoms with Crippen molar-refractivity contribution in [1.29, 1.82) is 0 Å². The fourth-order valence-corrected chi connectivity index (χ4v) is 2.05. The number of nitrogens with zero attached hydrogens (tertiary/aromatic N) is 1. The van der Waals surface area contributed by atoms with E-state index in [1.54, 1.807) is 0 Å². The molecular formula is C18H13N. The maximum absolute atomic E-state index is 3.26. The van der Waals surface area contributed by atoms with Gasteiger partial charge in [-0.2, -0.15) is 0 Å². The van der Waals surface area contributed by atoms with Gasteiger partial charge in [-0.3, -0.25) is 0 Å². The van der Waals surface area contributed by atoms with E-state index in [1.165, 1.54) is 0 Å². The molecule has 0 amide bonds. The summed E-state index contributed by atoms with van der Waals surface area (Å²) in [5, 5.41) is 0. The molecule has 0 aliphatic heterocycles. The van der Waals surface area contributed by atoms with Crippen molar-refractivity contribution in [2.45, 2.75) is 0 Å². The third kappa shape index (κ3) is 2.50. The molecule has 1 heteroatoms. The van der Waals surface area contributed by atoms with Gasteiger partial charge in [-0.25, -0.2) is 0 Å². The SMILES string of the molecule is [c]1cc[c]c(N(c2ccccc2)c2ccccc2)c1. The number of para-hydroxylation sites is 2. The van der Waals surface area contributed by atoms with Crippen LogP contribution in [-0.2, 0) is 0 Å². The topological polar surface area (TPSA) is 3.24 Å². The average Bonchev–Trinajstić information content (AvgIpc) is 2.51. The van der Waals surface area contributed by atoms with Gasteiger partial charge in [-0.05, 0) is 36.4 Å². The summed E-state index contributed by atoms with van der Waals surface area (Å²) in [7, 11) is 0. The second-order valence-corrected chi connectivity index (χ2v) is 4.18.